The third-order valence-electron chi connectivity index (χ3n) is 4.66. The van der Waals surface area contributed by atoms with Gasteiger partial charge in [-0.3, -0.25) is 0 Å². The molecule has 0 saturated carbocycles. The molecule has 0 unspecified atom stereocenters. The maximum Gasteiger partial charge on any atom is 0.167 e. The molecule has 0 amide bonds. The quantitative estimate of drug-likeness (QED) is 0.422. The lowest BCUT2D eigenvalue weighted by molar-refractivity contribution is 0.514. The number of aryl methyl sites for hydroxylation is 2. The van der Waals surface area contributed by atoms with Crippen LogP contribution in [0.25, 0.3) is 22.3 Å². The predicted molar refractivity (Wildman–Crippen MR) is 105 cm³/mol. The van der Waals surface area contributed by atoms with Gasteiger partial charge in [-0.05, 0) is 41.5 Å². The van der Waals surface area contributed by atoms with Crippen LogP contribution in [0.5, 0.6) is 0 Å². The summed E-state index contributed by atoms with van der Waals surface area (Å²) in [7, 11) is 0. The van der Waals surface area contributed by atoms with Crippen molar-refractivity contribution < 1.29 is 8.78 Å². The Labute approximate surface area is 153 Å². The molecule has 0 spiro atoms. The van der Waals surface area contributed by atoms with Gasteiger partial charge in [0.1, 0.15) is 0 Å². The molecule has 3 aromatic rings. The molecule has 26 heavy (non-hydrogen) atoms. The SMILES string of the molecule is C=CCCc1ccc(-c2ccc(-c3ccc(CC)cc3)c(F)c2F)cc1. The lowest BCUT2D eigenvalue weighted by atomic mass is 9.97. The van der Waals surface area contributed by atoms with Crippen LogP contribution in [-0.2, 0) is 12.8 Å². The van der Waals surface area contributed by atoms with Gasteiger partial charge in [-0.15, -0.1) is 6.58 Å². The zero-order valence-corrected chi connectivity index (χ0v) is 14.9. The Bertz CT molecular complexity index is 891. The summed E-state index contributed by atoms with van der Waals surface area (Å²) < 4.78 is 29.4. The molecule has 132 valence electrons. The topological polar surface area (TPSA) is 0 Å². The minimum absolute atomic E-state index is 0.284. The van der Waals surface area contributed by atoms with E-state index >= 15 is 0 Å². The maximum atomic E-state index is 14.7. The summed E-state index contributed by atoms with van der Waals surface area (Å²) in [5.74, 6) is -1.61. The fourth-order valence-corrected chi connectivity index (χ4v) is 3.04. The Hall–Kier alpha value is -2.74. The van der Waals surface area contributed by atoms with Crippen LogP contribution in [0.2, 0.25) is 0 Å². The molecule has 0 aliphatic carbocycles. The maximum absolute atomic E-state index is 14.7. The lowest BCUT2D eigenvalue weighted by Gasteiger charge is -2.10. The zero-order valence-electron chi connectivity index (χ0n) is 14.9. The Balaban J connectivity index is 1.92. The fraction of sp³-hybridized carbons (Fsp3) is 0.167. The number of halogens is 2. The van der Waals surface area contributed by atoms with E-state index in [0.29, 0.717) is 11.1 Å². The predicted octanol–water partition coefficient (Wildman–Crippen LogP) is 6.98. The number of hydrogen-bond acceptors (Lipinski definition) is 0. The molecule has 0 atom stereocenters. The van der Waals surface area contributed by atoms with Crippen LogP contribution in [0, 0.1) is 11.6 Å². The van der Waals surface area contributed by atoms with Crippen molar-refractivity contribution in [2.45, 2.75) is 26.2 Å². The van der Waals surface area contributed by atoms with Crippen molar-refractivity contribution >= 4 is 0 Å². The minimum atomic E-state index is -0.805. The van der Waals surface area contributed by atoms with Crippen molar-refractivity contribution in [2.75, 3.05) is 0 Å². The van der Waals surface area contributed by atoms with Gasteiger partial charge in [0.05, 0.1) is 0 Å². The van der Waals surface area contributed by atoms with Crippen LogP contribution in [0.4, 0.5) is 8.78 Å². The highest BCUT2D eigenvalue weighted by atomic mass is 19.2. The smallest absolute Gasteiger partial charge is 0.167 e. The zero-order chi connectivity index (χ0) is 18.5. The van der Waals surface area contributed by atoms with Crippen LogP contribution in [0.1, 0.15) is 24.5 Å². The largest absolute Gasteiger partial charge is 0.203 e. The molecule has 0 saturated heterocycles. The summed E-state index contributed by atoms with van der Waals surface area (Å²) in [6.07, 6.45) is 4.58. The molecule has 0 nitrogen and oxygen atoms in total. The van der Waals surface area contributed by atoms with Crippen LogP contribution in [0.3, 0.4) is 0 Å². The van der Waals surface area contributed by atoms with E-state index in [0.717, 1.165) is 24.8 Å². The van der Waals surface area contributed by atoms with E-state index in [-0.39, 0.29) is 11.1 Å². The van der Waals surface area contributed by atoms with Gasteiger partial charge in [0.15, 0.2) is 11.6 Å². The lowest BCUT2D eigenvalue weighted by Crippen LogP contribution is -1.94. The summed E-state index contributed by atoms with van der Waals surface area (Å²) in [6.45, 7) is 5.78. The minimum Gasteiger partial charge on any atom is -0.203 e. The molecule has 0 fully saturated rings. The highest BCUT2D eigenvalue weighted by Crippen LogP contribution is 2.31. The molecule has 3 aromatic carbocycles. The second-order valence-corrected chi connectivity index (χ2v) is 6.36. The van der Waals surface area contributed by atoms with Gasteiger partial charge >= 0.3 is 0 Å². The standard InChI is InChI=1S/C24H22F2/c1-3-5-6-18-9-13-20(14-10-18)22-16-15-21(23(25)24(22)26)19-11-7-17(4-2)8-12-19/h3,7-16H,1,4-6H2,2H3. The average molecular weight is 348 g/mol. The monoisotopic (exact) mass is 348 g/mol. The molecule has 0 heterocycles. The van der Waals surface area contributed by atoms with Crippen molar-refractivity contribution in [1.29, 1.82) is 0 Å². The molecule has 0 N–H and O–H groups in total. The normalized spacial score (nSPS) is 10.7. The molecule has 0 aliphatic rings. The fourth-order valence-electron chi connectivity index (χ4n) is 3.04. The Morgan fingerprint density at radius 3 is 1.62 bits per heavy atom. The van der Waals surface area contributed by atoms with E-state index in [4.69, 9.17) is 0 Å². The third kappa shape index (κ3) is 3.75. The summed E-state index contributed by atoms with van der Waals surface area (Å²) in [5.41, 5.74) is 4.26. The average Bonchev–Trinajstić information content (AvgIpc) is 2.69. The number of hydrogen-bond donors (Lipinski definition) is 0. The molecule has 2 heteroatoms. The van der Waals surface area contributed by atoms with Crippen LogP contribution in [0.15, 0.2) is 73.3 Å². The first-order valence-corrected chi connectivity index (χ1v) is 8.91. The van der Waals surface area contributed by atoms with E-state index in [9.17, 15) is 8.78 Å². The van der Waals surface area contributed by atoms with Gasteiger partial charge in [0, 0.05) is 11.1 Å². The Morgan fingerprint density at radius 2 is 1.19 bits per heavy atom. The van der Waals surface area contributed by atoms with Crippen molar-refractivity contribution in [1.82, 2.24) is 0 Å². The van der Waals surface area contributed by atoms with Gasteiger partial charge in [0.2, 0.25) is 0 Å². The first kappa shape index (κ1) is 18.1. The molecule has 0 aromatic heterocycles. The molecule has 3 rings (SSSR count). The second-order valence-electron chi connectivity index (χ2n) is 6.36. The molecular weight excluding hydrogens is 326 g/mol. The summed E-state index contributed by atoms with van der Waals surface area (Å²) in [6, 6.07) is 18.5. The van der Waals surface area contributed by atoms with Crippen LogP contribution >= 0.6 is 0 Å². The van der Waals surface area contributed by atoms with Crippen molar-refractivity contribution in [3.05, 3.63) is 96.1 Å². The highest BCUT2D eigenvalue weighted by Gasteiger charge is 2.16. The Morgan fingerprint density at radius 1 is 0.731 bits per heavy atom. The first-order chi connectivity index (χ1) is 12.6. The summed E-state index contributed by atoms with van der Waals surface area (Å²) in [4.78, 5) is 0. The van der Waals surface area contributed by atoms with Crippen LogP contribution in [-0.4, -0.2) is 0 Å². The van der Waals surface area contributed by atoms with E-state index in [1.165, 1.54) is 5.56 Å². The Kier molecular flexibility index (Phi) is 5.62. The van der Waals surface area contributed by atoms with Gasteiger partial charge in [-0.25, -0.2) is 8.78 Å². The molecular formula is C24H22F2. The van der Waals surface area contributed by atoms with Gasteiger partial charge in [-0.2, -0.15) is 0 Å². The number of rotatable bonds is 6. The van der Waals surface area contributed by atoms with E-state index in [2.05, 4.69) is 13.5 Å². The van der Waals surface area contributed by atoms with E-state index in [1.807, 2.05) is 54.6 Å². The van der Waals surface area contributed by atoms with E-state index < -0.39 is 11.6 Å². The number of allylic oxidation sites excluding steroid dienone is 1. The summed E-state index contributed by atoms with van der Waals surface area (Å²) >= 11 is 0. The van der Waals surface area contributed by atoms with E-state index in [1.54, 1.807) is 12.1 Å². The van der Waals surface area contributed by atoms with Crippen molar-refractivity contribution in [3.8, 4) is 22.3 Å². The number of benzene rings is 3. The molecule has 0 radical (unpaired) electrons. The molecule has 0 aliphatic heterocycles. The first-order valence-electron chi connectivity index (χ1n) is 8.91. The van der Waals surface area contributed by atoms with Gasteiger partial charge < -0.3 is 0 Å². The van der Waals surface area contributed by atoms with Crippen molar-refractivity contribution in [3.63, 3.8) is 0 Å². The highest BCUT2D eigenvalue weighted by molar-refractivity contribution is 5.72. The third-order valence-corrected chi connectivity index (χ3v) is 4.66. The molecule has 0 bridgehead atoms. The second kappa shape index (κ2) is 8.09. The van der Waals surface area contributed by atoms with Gasteiger partial charge in [-0.1, -0.05) is 73.7 Å². The van der Waals surface area contributed by atoms with Gasteiger partial charge in [0.25, 0.3) is 0 Å². The van der Waals surface area contributed by atoms with Crippen molar-refractivity contribution in [2.24, 2.45) is 0 Å². The van der Waals surface area contributed by atoms with Crippen LogP contribution < -0.4 is 0 Å². The summed E-state index contributed by atoms with van der Waals surface area (Å²) in [5, 5.41) is 0.